The third-order valence-electron chi connectivity index (χ3n) is 4.68. The number of hydrogen-bond donors (Lipinski definition) is 1. The maximum absolute atomic E-state index is 5.04. The Labute approximate surface area is 130 Å². The minimum atomic E-state index is 0.628. The van der Waals surface area contributed by atoms with Crippen LogP contribution in [-0.4, -0.2) is 17.6 Å². The van der Waals surface area contributed by atoms with Crippen LogP contribution >= 0.6 is 11.3 Å². The Bertz CT molecular complexity index is 642. The highest BCUT2D eigenvalue weighted by atomic mass is 32.1. The molecule has 4 rings (SSSR count). The number of nitrogens with one attached hydrogen (secondary N) is 1. The maximum Gasteiger partial charge on any atom is 0.124 e. The van der Waals surface area contributed by atoms with Crippen molar-refractivity contribution in [3.63, 3.8) is 0 Å². The van der Waals surface area contributed by atoms with Crippen LogP contribution in [0.25, 0.3) is 10.6 Å². The van der Waals surface area contributed by atoms with Crippen molar-refractivity contribution in [2.45, 2.75) is 51.0 Å². The monoisotopic (exact) mass is 298 g/mol. The Morgan fingerprint density at radius 3 is 2.90 bits per heavy atom. The van der Waals surface area contributed by atoms with Crippen molar-refractivity contribution in [2.75, 3.05) is 6.54 Å². The lowest BCUT2D eigenvalue weighted by Gasteiger charge is -2.21. The van der Waals surface area contributed by atoms with E-state index in [1.165, 1.54) is 58.8 Å². The number of fused-ring (bicyclic) bond motifs is 1. The van der Waals surface area contributed by atoms with Gasteiger partial charge in [0.1, 0.15) is 5.01 Å². The van der Waals surface area contributed by atoms with Crippen molar-refractivity contribution in [3.05, 3.63) is 40.4 Å². The van der Waals surface area contributed by atoms with E-state index in [0.717, 1.165) is 12.6 Å². The van der Waals surface area contributed by atoms with Gasteiger partial charge >= 0.3 is 0 Å². The van der Waals surface area contributed by atoms with Gasteiger partial charge in [0.15, 0.2) is 0 Å². The average molecular weight is 298 g/mol. The van der Waals surface area contributed by atoms with Crippen molar-refractivity contribution >= 4 is 11.3 Å². The second-order valence-electron chi connectivity index (χ2n) is 6.41. The Hall–Kier alpha value is -1.19. The van der Waals surface area contributed by atoms with E-state index in [-0.39, 0.29) is 0 Å². The predicted octanol–water partition coefficient (Wildman–Crippen LogP) is 4.29. The second kappa shape index (κ2) is 5.54. The third-order valence-corrected chi connectivity index (χ3v) is 5.84. The Kier molecular flexibility index (Phi) is 3.56. The van der Waals surface area contributed by atoms with Crippen LogP contribution in [0.2, 0.25) is 0 Å². The predicted molar refractivity (Wildman–Crippen MR) is 89.0 cm³/mol. The summed E-state index contributed by atoms with van der Waals surface area (Å²) in [5, 5.41) is 4.91. The van der Waals surface area contributed by atoms with Gasteiger partial charge in [-0.15, -0.1) is 11.3 Å². The third kappa shape index (κ3) is 2.77. The normalized spacial score (nSPS) is 21.3. The van der Waals surface area contributed by atoms with Gasteiger partial charge in [0.2, 0.25) is 0 Å². The molecule has 2 aliphatic carbocycles. The Morgan fingerprint density at radius 1 is 1.24 bits per heavy atom. The molecule has 2 aromatic rings. The molecule has 1 heterocycles. The SMILES string of the molecule is Cc1ccccc1-c1nc2c(s1)CCCC2CNC1CC1. The Morgan fingerprint density at radius 2 is 2.10 bits per heavy atom. The molecular weight excluding hydrogens is 276 g/mol. The summed E-state index contributed by atoms with van der Waals surface area (Å²) in [5.41, 5.74) is 4.03. The van der Waals surface area contributed by atoms with Crippen LogP contribution in [0.3, 0.4) is 0 Å². The number of benzene rings is 1. The van der Waals surface area contributed by atoms with E-state index in [2.05, 4.69) is 36.5 Å². The van der Waals surface area contributed by atoms with Gasteiger partial charge in [-0.1, -0.05) is 24.3 Å². The number of aromatic nitrogens is 1. The van der Waals surface area contributed by atoms with Crippen molar-refractivity contribution in [2.24, 2.45) is 0 Å². The molecule has 1 aromatic carbocycles. The van der Waals surface area contributed by atoms with Gasteiger partial charge in [0.25, 0.3) is 0 Å². The molecule has 1 saturated carbocycles. The van der Waals surface area contributed by atoms with E-state index in [0.29, 0.717) is 5.92 Å². The summed E-state index contributed by atoms with van der Waals surface area (Å²) in [6.45, 7) is 3.30. The van der Waals surface area contributed by atoms with Crippen molar-refractivity contribution in [3.8, 4) is 10.6 Å². The van der Waals surface area contributed by atoms with Gasteiger partial charge in [0.05, 0.1) is 5.69 Å². The summed E-state index contributed by atoms with van der Waals surface area (Å²) in [6.07, 6.45) is 6.57. The van der Waals surface area contributed by atoms with Crippen LogP contribution in [0, 0.1) is 6.92 Å². The maximum atomic E-state index is 5.04. The largest absolute Gasteiger partial charge is 0.313 e. The fourth-order valence-corrected chi connectivity index (χ4v) is 4.51. The Balaban J connectivity index is 1.62. The number of aryl methyl sites for hydroxylation is 2. The average Bonchev–Trinajstić information content (AvgIpc) is 3.22. The topological polar surface area (TPSA) is 24.9 Å². The highest BCUT2D eigenvalue weighted by Gasteiger charge is 2.28. The fraction of sp³-hybridized carbons (Fsp3) is 0.500. The molecule has 1 fully saturated rings. The first-order valence-corrected chi connectivity index (χ1v) is 8.92. The number of nitrogens with zero attached hydrogens (tertiary/aromatic N) is 1. The summed E-state index contributed by atoms with van der Waals surface area (Å²) >= 11 is 1.92. The lowest BCUT2D eigenvalue weighted by atomic mass is 9.91. The molecule has 0 amide bonds. The first-order valence-electron chi connectivity index (χ1n) is 8.10. The summed E-state index contributed by atoms with van der Waals surface area (Å²) in [5.74, 6) is 0.628. The van der Waals surface area contributed by atoms with Crippen LogP contribution in [0.15, 0.2) is 24.3 Å². The summed E-state index contributed by atoms with van der Waals surface area (Å²) < 4.78 is 0. The molecule has 1 aromatic heterocycles. The van der Waals surface area contributed by atoms with Crippen molar-refractivity contribution < 1.29 is 0 Å². The summed E-state index contributed by atoms with van der Waals surface area (Å²) in [6, 6.07) is 9.41. The van der Waals surface area contributed by atoms with Gasteiger partial charge in [-0.05, 0) is 44.6 Å². The fourth-order valence-electron chi connectivity index (χ4n) is 3.23. The highest BCUT2D eigenvalue weighted by molar-refractivity contribution is 7.15. The summed E-state index contributed by atoms with van der Waals surface area (Å²) in [7, 11) is 0. The number of thiazole rings is 1. The van der Waals surface area contributed by atoms with Gasteiger partial charge in [-0.2, -0.15) is 0 Å². The second-order valence-corrected chi connectivity index (χ2v) is 7.50. The smallest absolute Gasteiger partial charge is 0.124 e. The van der Waals surface area contributed by atoms with Crippen LogP contribution in [0.1, 0.15) is 47.7 Å². The molecule has 0 spiro atoms. The lowest BCUT2D eigenvalue weighted by Crippen LogP contribution is -2.25. The zero-order chi connectivity index (χ0) is 14.2. The zero-order valence-corrected chi connectivity index (χ0v) is 13.4. The van der Waals surface area contributed by atoms with Gasteiger partial charge in [-0.3, -0.25) is 0 Å². The van der Waals surface area contributed by atoms with E-state index in [1.807, 2.05) is 11.3 Å². The highest BCUT2D eigenvalue weighted by Crippen LogP contribution is 2.39. The minimum Gasteiger partial charge on any atom is -0.313 e. The van der Waals surface area contributed by atoms with Crippen LogP contribution in [0.4, 0.5) is 0 Å². The number of rotatable bonds is 4. The first-order chi connectivity index (χ1) is 10.3. The molecule has 0 radical (unpaired) electrons. The summed E-state index contributed by atoms with van der Waals surface area (Å²) in [4.78, 5) is 6.57. The van der Waals surface area contributed by atoms with Crippen LogP contribution in [0.5, 0.6) is 0 Å². The molecular formula is C18H22N2S. The van der Waals surface area contributed by atoms with E-state index < -0.39 is 0 Å². The van der Waals surface area contributed by atoms with E-state index in [4.69, 9.17) is 4.98 Å². The standard InChI is InChI=1S/C18H22N2S/c1-12-5-2-3-7-15(12)18-20-17-13(11-19-14-9-10-14)6-4-8-16(17)21-18/h2-3,5,7,13-14,19H,4,6,8-11H2,1H3. The van der Waals surface area contributed by atoms with Crippen LogP contribution < -0.4 is 5.32 Å². The lowest BCUT2D eigenvalue weighted by molar-refractivity contribution is 0.500. The molecule has 0 aliphatic heterocycles. The van der Waals surface area contributed by atoms with E-state index in [1.54, 1.807) is 0 Å². The van der Waals surface area contributed by atoms with Crippen molar-refractivity contribution in [1.82, 2.24) is 10.3 Å². The molecule has 3 heteroatoms. The quantitative estimate of drug-likeness (QED) is 0.910. The molecule has 1 N–H and O–H groups in total. The molecule has 110 valence electrons. The minimum absolute atomic E-state index is 0.628. The number of hydrogen-bond acceptors (Lipinski definition) is 3. The molecule has 1 atom stereocenters. The molecule has 1 unspecified atom stereocenters. The van der Waals surface area contributed by atoms with Crippen LogP contribution in [-0.2, 0) is 6.42 Å². The van der Waals surface area contributed by atoms with Crippen molar-refractivity contribution in [1.29, 1.82) is 0 Å². The molecule has 0 bridgehead atoms. The molecule has 2 aliphatic rings. The zero-order valence-electron chi connectivity index (χ0n) is 12.6. The van der Waals surface area contributed by atoms with Gasteiger partial charge in [-0.25, -0.2) is 4.98 Å². The van der Waals surface area contributed by atoms with E-state index >= 15 is 0 Å². The molecule has 21 heavy (non-hydrogen) atoms. The molecule has 2 nitrogen and oxygen atoms in total. The van der Waals surface area contributed by atoms with Gasteiger partial charge in [0, 0.05) is 28.9 Å². The molecule has 0 saturated heterocycles. The van der Waals surface area contributed by atoms with E-state index in [9.17, 15) is 0 Å². The van der Waals surface area contributed by atoms with Gasteiger partial charge < -0.3 is 5.32 Å². The first kappa shape index (κ1) is 13.5.